The van der Waals surface area contributed by atoms with Crippen LogP contribution in [0.5, 0.6) is 0 Å². The molecule has 52 heavy (non-hydrogen) atoms. The van der Waals surface area contributed by atoms with Crippen molar-refractivity contribution in [1.82, 2.24) is 25.2 Å². The van der Waals surface area contributed by atoms with Crippen LogP contribution in [0, 0.1) is 17.8 Å². The summed E-state index contributed by atoms with van der Waals surface area (Å²) in [5.41, 5.74) is 7.00. The number of carbonyl (C=O) groups is 4. The second-order valence-corrected chi connectivity index (χ2v) is 15.5. The summed E-state index contributed by atoms with van der Waals surface area (Å²) in [6.45, 7) is 9.68. The maximum absolute atomic E-state index is 14.1. The van der Waals surface area contributed by atoms with Gasteiger partial charge in [0.15, 0.2) is 0 Å². The predicted molar refractivity (Wildman–Crippen MR) is 202 cm³/mol. The highest BCUT2D eigenvalue weighted by molar-refractivity contribution is 7.82. The number of hydrogen-bond donors (Lipinski definition) is 5. The van der Waals surface area contributed by atoms with Crippen LogP contribution in [0.25, 0.3) is 0 Å². The minimum Gasteiger partial charge on any atom is -0.394 e. The lowest BCUT2D eigenvalue weighted by Gasteiger charge is -2.41. The molecule has 0 spiro atoms. The number of nitrogens with two attached hydrogens (primary N) is 1. The number of aliphatic hydroxyl groups is 1. The number of ether oxygens (including phenoxy) is 2. The molecule has 1 saturated heterocycles. The number of aliphatic hydroxyl groups excluding tert-OH is 1. The molecule has 6 N–H and O–H groups in total. The van der Waals surface area contributed by atoms with Crippen molar-refractivity contribution in [2.75, 3.05) is 47.2 Å². The number of amides is 4. The van der Waals surface area contributed by atoms with E-state index < -0.39 is 59.2 Å². The molecule has 1 aromatic rings. The van der Waals surface area contributed by atoms with E-state index in [1.54, 1.807) is 30.9 Å². The van der Waals surface area contributed by atoms with E-state index in [4.69, 9.17) is 15.2 Å². The van der Waals surface area contributed by atoms with Crippen LogP contribution in [-0.4, -0.2) is 132 Å². The van der Waals surface area contributed by atoms with E-state index >= 15 is 0 Å². The van der Waals surface area contributed by atoms with Gasteiger partial charge in [-0.25, -0.2) is 8.93 Å². The topological polar surface area (TPSA) is 193 Å². The van der Waals surface area contributed by atoms with Crippen LogP contribution in [0.15, 0.2) is 30.3 Å². The van der Waals surface area contributed by atoms with Crippen LogP contribution in [0.1, 0.15) is 65.9 Å². The Hall–Kier alpha value is -2.95. The highest BCUT2D eigenvalue weighted by Gasteiger charge is 2.43. The van der Waals surface area contributed by atoms with Gasteiger partial charge < -0.3 is 40.7 Å². The maximum atomic E-state index is 14.1. The van der Waals surface area contributed by atoms with Gasteiger partial charge in [-0.1, -0.05) is 71.4 Å². The van der Waals surface area contributed by atoms with Gasteiger partial charge >= 0.3 is 0 Å². The summed E-state index contributed by atoms with van der Waals surface area (Å²) in [6.07, 6.45) is 2.74. The number of nitrogens with zero attached hydrogens (tertiary/aromatic N) is 2. The smallest absolute Gasteiger partial charge is 0.245 e. The second-order valence-electron chi connectivity index (χ2n) is 14.3. The molecule has 1 unspecified atom stereocenters. The van der Waals surface area contributed by atoms with Crippen molar-refractivity contribution in [1.29, 1.82) is 0 Å². The van der Waals surface area contributed by atoms with Gasteiger partial charge in [-0.3, -0.25) is 19.2 Å². The fraction of sp³-hybridized carbons (Fsp3) is 0.730. The summed E-state index contributed by atoms with van der Waals surface area (Å²) >= 11 is 0. The van der Waals surface area contributed by atoms with Gasteiger partial charge in [0.2, 0.25) is 23.6 Å². The Morgan fingerprint density at radius 1 is 1.06 bits per heavy atom. The van der Waals surface area contributed by atoms with E-state index in [0.29, 0.717) is 25.8 Å². The number of methoxy groups -OCH3 is 2. The van der Waals surface area contributed by atoms with Crippen LogP contribution < -0.4 is 21.1 Å². The van der Waals surface area contributed by atoms with Gasteiger partial charge in [0, 0.05) is 40.6 Å². The molecule has 1 aromatic carbocycles. The van der Waals surface area contributed by atoms with Crippen LogP contribution >= 0.6 is 0 Å². The lowest BCUT2D eigenvalue weighted by Crippen LogP contribution is -2.59. The molecular formula is C37H64N6O8S. The number of benzene rings is 1. The third-order valence-corrected chi connectivity index (χ3v) is 10.8. The molecule has 1 aliphatic heterocycles. The van der Waals surface area contributed by atoms with Gasteiger partial charge in [0.05, 0.1) is 66.3 Å². The Kier molecular flexibility index (Phi) is 19.4. The van der Waals surface area contributed by atoms with Crippen LogP contribution in [0.3, 0.4) is 0 Å². The molecule has 0 aliphatic carbocycles. The van der Waals surface area contributed by atoms with Crippen molar-refractivity contribution in [3.63, 3.8) is 0 Å². The zero-order chi connectivity index (χ0) is 39.1. The van der Waals surface area contributed by atoms with E-state index in [0.717, 1.165) is 12.0 Å². The quantitative estimate of drug-likeness (QED) is 0.115. The van der Waals surface area contributed by atoms with E-state index in [1.165, 1.54) is 13.4 Å². The van der Waals surface area contributed by atoms with E-state index in [2.05, 4.69) is 15.4 Å². The van der Waals surface area contributed by atoms with Crippen molar-refractivity contribution < 1.29 is 38.0 Å². The molecule has 4 amide bonds. The van der Waals surface area contributed by atoms with Gasteiger partial charge in [0.25, 0.3) is 0 Å². The number of carbonyl (C=O) groups excluding carboxylic acids is 4. The van der Waals surface area contributed by atoms with Crippen molar-refractivity contribution >= 4 is 34.6 Å². The average Bonchev–Trinajstić information content (AvgIpc) is 3.61. The van der Waals surface area contributed by atoms with E-state index in [9.17, 15) is 28.5 Å². The van der Waals surface area contributed by atoms with Gasteiger partial charge in [0.1, 0.15) is 6.04 Å². The number of rotatable bonds is 22. The first-order valence-electron chi connectivity index (χ1n) is 18.3. The third-order valence-electron chi connectivity index (χ3n) is 10.2. The predicted octanol–water partition coefficient (Wildman–Crippen LogP) is 0.978. The summed E-state index contributed by atoms with van der Waals surface area (Å²) in [5, 5.41) is 15.7. The minimum absolute atomic E-state index is 0.0102. The summed E-state index contributed by atoms with van der Waals surface area (Å²) in [5.74, 6) is -2.28. The maximum Gasteiger partial charge on any atom is 0.245 e. The molecule has 1 fully saturated rings. The van der Waals surface area contributed by atoms with Crippen LogP contribution in [-0.2, 0) is 46.1 Å². The number of likely N-dealkylation sites (tertiary alicyclic amines) is 1. The summed E-state index contributed by atoms with van der Waals surface area (Å²) < 4.78 is 25.9. The van der Waals surface area contributed by atoms with Gasteiger partial charge in [-0.15, -0.1) is 0 Å². The molecule has 15 heteroatoms. The zero-order valence-corrected chi connectivity index (χ0v) is 33.3. The molecule has 296 valence electrons. The Labute approximate surface area is 312 Å². The Morgan fingerprint density at radius 3 is 2.25 bits per heavy atom. The lowest BCUT2D eigenvalue weighted by atomic mass is 9.89. The zero-order valence-electron chi connectivity index (χ0n) is 32.5. The first kappa shape index (κ1) is 45.2. The summed E-state index contributed by atoms with van der Waals surface area (Å²) in [6, 6.07) is 6.38. The van der Waals surface area contributed by atoms with Gasteiger partial charge in [-0.2, -0.15) is 0 Å². The number of likely N-dealkylation sites (N-methyl/N-ethyl adjacent to an activating group) is 1. The largest absolute Gasteiger partial charge is 0.394 e. The standard InChI is InChI=1S/C37H64N6O8S/c1-10-24(4)33(42(6)37(48)32(23(2)3)41-36(47)28(38)21-39-52(9)49)30(50-7)20-31(45)43-18-14-17-29(43)34(51-8)25(5)35(46)40-27(22-44)19-26-15-12-11-13-16-26/h11-13,15-16,23-25,27-30,32-34,39,44H,10,14,17-22,38H2,1-9H3,(H,40,46)(H,41,47)/t24-,25+,27-,28-,29-,30+,32-,33-,34+,52?/m0/s1. The van der Waals surface area contributed by atoms with Crippen molar-refractivity contribution in [2.24, 2.45) is 23.5 Å². The number of nitrogens with one attached hydrogen (secondary N) is 3. The van der Waals surface area contributed by atoms with Crippen molar-refractivity contribution in [3.05, 3.63) is 35.9 Å². The lowest BCUT2D eigenvalue weighted by molar-refractivity contribution is -0.147. The van der Waals surface area contributed by atoms with E-state index in [1.807, 2.05) is 58.0 Å². The first-order chi connectivity index (χ1) is 24.6. The highest BCUT2D eigenvalue weighted by Crippen LogP contribution is 2.29. The SMILES string of the molecule is CC[C@H](C)[C@@H]([C@@H](CC(=O)N1CCC[C@H]1[C@H](OC)[C@@H](C)C(=O)N[C@H](CO)Cc1ccccc1)OC)N(C)C(=O)[C@@H](NC(=O)[C@@H](N)CNS(C)=O)C(C)C. The van der Waals surface area contributed by atoms with Crippen LogP contribution in [0.4, 0.5) is 0 Å². The van der Waals surface area contributed by atoms with Gasteiger partial charge in [-0.05, 0) is 36.7 Å². The molecule has 2 rings (SSSR count). The summed E-state index contributed by atoms with van der Waals surface area (Å²) in [7, 11) is 3.38. The van der Waals surface area contributed by atoms with Crippen molar-refractivity contribution in [2.45, 2.75) is 109 Å². The second kappa shape index (κ2) is 22.3. The molecule has 0 aromatic heterocycles. The molecule has 0 radical (unpaired) electrons. The Bertz CT molecular complexity index is 1310. The normalized spacial score (nSPS) is 19.8. The van der Waals surface area contributed by atoms with Crippen LogP contribution in [0.2, 0.25) is 0 Å². The Morgan fingerprint density at radius 2 is 1.71 bits per heavy atom. The first-order valence-corrected chi connectivity index (χ1v) is 19.9. The average molecular weight is 753 g/mol. The molecule has 0 saturated carbocycles. The fourth-order valence-corrected chi connectivity index (χ4v) is 7.41. The monoisotopic (exact) mass is 752 g/mol. The van der Waals surface area contributed by atoms with Crippen molar-refractivity contribution in [3.8, 4) is 0 Å². The molecule has 0 bridgehead atoms. The molecule has 1 heterocycles. The number of hydrogen-bond acceptors (Lipinski definition) is 9. The highest BCUT2D eigenvalue weighted by atomic mass is 32.2. The molecule has 14 nitrogen and oxygen atoms in total. The van der Waals surface area contributed by atoms with E-state index in [-0.39, 0.29) is 55.2 Å². The minimum atomic E-state index is -1.35. The molecular weight excluding hydrogens is 689 g/mol. The molecule has 1 aliphatic rings. The Balaban J connectivity index is 2.22. The summed E-state index contributed by atoms with van der Waals surface area (Å²) in [4.78, 5) is 57.8. The third kappa shape index (κ3) is 12.9. The fourth-order valence-electron chi connectivity index (χ4n) is 6.99. The molecule has 10 atom stereocenters.